The first-order valence-corrected chi connectivity index (χ1v) is 8.62. The van der Waals surface area contributed by atoms with E-state index in [0.29, 0.717) is 18.1 Å². The molecule has 0 bridgehead atoms. The predicted octanol–water partition coefficient (Wildman–Crippen LogP) is 4.12. The van der Waals surface area contributed by atoms with Gasteiger partial charge >= 0.3 is 0 Å². The fraction of sp³-hybridized carbons (Fsp3) is 0.300. The molecule has 5 heteroatoms. The number of hydrogen-bond acceptors (Lipinski definition) is 3. The van der Waals surface area contributed by atoms with Gasteiger partial charge in [-0.1, -0.05) is 18.2 Å². The lowest BCUT2D eigenvalue weighted by molar-refractivity contribution is 0.287. The lowest BCUT2D eigenvalue weighted by Gasteiger charge is -2.18. The molecule has 0 heterocycles. The van der Waals surface area contributed by atoms with Crippen molar-refractivity contribution < 1.29 is 4.74 Å². The number of hydrogen-bond donors (Lipinski definition) is 2. The minimum Gasteiger partial charge on any atom is -0.491 e. The quantitative estimate of drug-likeness (QED) is 0.765. The molecule has 0 radical (unpaired) electrons. The maximum atomic E-state index is 8.69. The van der Waals surface area contributed by atoms with E-state index in [4.69, 9.17) is 22.2 Å². The standard InChI is InChI=1S/C20H23N3OS/c1-14-4-9-19(12-15(14)2)24-13-16(3)22-20(25)23-18-7-5-17(6-8-18)10-11-21/h4-9,12,16H,10,13H2,1-3H3,(H2,22,23,25)/t16-/m1/s1. The van der Waals surface area contributed by atoms with E-state index in [9.17, 15) is 0 Å². The van der Waals surface area contributed by atoms with Crippen LogP contribution >= 0.6 is 12.2 Å². The average Bonchev–Trinajstić information content (AvgIpc) is 2.58. The Morgan fingerprint density at radius 1 is 1.16 bits per heavy atom. The summed E-state index contributed by atoms with van der Waals surface area (Å²) < 4.78 is 5.82. The molecule has 4 nitrogen and oxygen atoms in total. The number of benzene rings is 2. The smallest absolute Gasteiger partial charge is 0.171 e. The normalized spacial score (nSPS) is 11.3. The van der Waals surface area contributed by atoms with Crippen molar-refractivity contribution in [3.63, 3.8) is 0 Å². The first-order chi connectivity index (χ1) is 12.0. The van der Waals surface area contributed by atoms with Crippen LogP contribution in [0.3, 0.4) is 0 Å². The summed E-state index contributed by atoms with van der Waals surface area (Å²) in [5.74, 6) is 0.865. The second-order valence-electron chi connectivity index (χ2n) is 6.09. The van der Waals surface area contributed by atoms with Crippen molar-refractivity contribution in [3.8, 4) is 11.8 Å². The van der Waals surface area contributed by atoms with Gasteiger partial charge in [0.25, 0.3) is 0 Å². The maximum Gasteiger partial charge on any atom is 0.171 e. The zero-order chi connectivity index (χ0) is 18.2. The first-order valence-electron chi connectivity index (χ1n) is 8.21. The molecular formula is C20H23N3OS. The van der Waals surface area contributed by atoms with Gasteiger partial charge in [0.05, 0.1) is 18.5 Å². The van der Waals surface area contributed by atoms with Gasteiger partial charge in [0, 0.05) is 5.69 Å². The number of nitrogens with one attached hydrogen (secondary N) is 2. The lowest BCUT2D eigenvalue weighted by atomic mass is 10.1. The Bertz CT molecular complexity index is 766. The van der Waals surface area contributed by atoms with Crippen LogP contribution in [0.15, 0.2) is 42.5 Å². The monoisotopic (exact) mass is 353 g/mol. The van der Waals surface area contributed by atoms with Gasteiger partial charge in [-0.05, 0) is 73.9 Å². The highest BCUT2D eigenvalue weighted by Gasteiger charge is 2.06. The zero-order valence-corrected chi connectivity index (χ0v) is 15.6. The van der Waals surface area contributed by atoms with Crippen LogP contribution in [0.25, 0.3) is 0 Å². The largest absolute Gasteiger partial charge is 0.491 e. The van der Waals surface area contributed by atoms with Crippen molar-refractivity contribution in [2.24, 2.45) is 0 Å². The second-order valence-corrected chi connectivity index (χ2v) is 6.50. The third-order valence-electron chi connectivity index (χ3n) is 3.85. The number of nitrogens with zero attached hydrogens (tertiary/aromatic N) is 1. The number of ether oxygens (including phenoxy) is 1. The summed E-state index contributed by atoms with van der Waals surface area (Å²) >= 11 is 5.33. The minimum absolute atomic E-state index is 0.0690. The molecule has 130 valence electrons. The van der Waals surface area contributed by atoms with Crippen LogP contribution in [0.4, 0.5) is 5.69 Å². The summed E-state index contributed by atoms with van der Waals surface area (Å²) in [5.41, 5.74) is 4.35. The molecule has 0 saturated carbocycles. The van der Waals surface area contributed by atoms with E-state index < -0.39 is 0 Å². The van der Waals surface area contributed by atoms with Crippen LogP contribution in [-0.4, -0.2) is 17.8 Å². The highest BCUT2D eigenvalue weighted by molar-refractivity contribution is 7.80. The number of nitriles is 1. The second kappa shape index (κ2) is 9.05. The van der Waals surface area contributed by atoms with Crippen LogP contribution in [-0.2, 0) is 6.42 Å². The average molecular weight is 353 g/mol. The fourth-order valence-corrected chi connectivity index (χ4v) is 2.57. The third-order valence-corrected chi connectivity index (χ3v) is 4.07. The van der Waals surface area contributed by atoms with Crippen molar-refractivity contribution in [2.45, 2.75) is 33.2 Å². The van der Waals surface area contributed by atoms with Crippen LogP contribution < -0.4 is 15.4 Å². The predicted molar refractivity (Wildman–Crippen MR) is 106 cm³/mol. The summed E-state index contributed by atoms with van der Waals surface area (Å²) in [6.45, 7) is 6.70. The SMILES string of the molecule is Cc1ccc(OC[C@@H](C)NC(=S)Nc2ccc(CC#N)cc2)cc1C. The Balaban J connectivity index is 1.79. The summed E-state index contributed by atoms with van der Waals surface area (Å²) in [7, 11) is 0. The highest BCUT2D eigenvalue weighted by atomic mass is 32.1. The molecule has 25 heavy (non-hydrogen) atoms. The Hall–Kier alpha value is -2.58. The van der Waals surface area contributed by atoms with Crippen LogP contribution in [0.2, 0.25) is 0 Å². The van der Waals surface area contributed by atoms with Gasteiger partial charge in [-0.15, -0.1) is 0 Å². The van der Waals surface area contributed by atoms with E-state index in [0.717, 1.165) is 17.0 Å². The third kappa shape index (κ3) is 6.09. The van der Waals surface area contributed by atoms with E-state index in [1.807, 2.05) is 43.3 Å². The van der Waals surface area contributed by atoms with E-state index in [2.05, 4.69) is 36.6 Å². The van der Waals surface area contributed by atoms with Crippen molar-refractivity contribution >= 4 is 23.0 Å². The van der Waals surface area contributed by atoms with Crippen LogP contribution in [0.5, 0.6) is 5.75 Å². The molecule has 0 aromatic heterocycles. The van der Waals surface area contributed by atoms with Crippen molar-refractivity contribution in [1.82, 2.24) is 5.32 Å². The Morgan fingerprint density at radius 3 is 2.52 bits per heavy atom. The van der Waals surface area contributed by atoms with Crippen LogP contribution in [0.1, 0.15) is 23.6 Å². The molecule has 0 aliphatic rings. The molecule has 0 unspecified atom stereocenters. The summed E-state index contributed by atoms with van der Waals surface area (Å²) in [6.07, 6.45) is 0.413. The maximum absolute atomic E-state index is 8.69. The van der Waals surface area contributed by atoms with Gasteiger partial charge in [-0.25, -0.2) is 0 Å². The molecule has 0 aliphatic heterocycles. The number of aryl methyl sites for hydroxylation is 2. The molecule has 0 saturated heterocycles. The molecule has 0 spiro atoms. The molecule has 1 atom stereocenters. The number of anilines is 1. The molecule has 0 fully saturated rings. The Morgan fingerprint density at radius 2 is 1.88 bits per heavy atom. The van der Waals surface area contributed by atoms with Gasteiger partial charge in [0.2, 0.25) is 0 Å². The Labute approximate surface area is 154 Å². The van der Waals surface area contributed by atoms with Gasteiger partial charge in [0.15, 0.2) is 5.11 Å². The summed E-state index contributed by atoms with van der Waals surface area (Å²) in [5, 5.41) is 15.6. The molecular weight excluding hydrogens is 330 g/mol. The van der Waals surface area contributed by atoms with E-state index in [-0.39, 0.29) is 6.04 Å². The minimum atomic E-state index is 0.0690. The van der Waals surface area contributed by atoms with Crippen molar-refractivity contribution in [1.29, 1.82) is 5.26 Å². The van der Waals surface area contributed by atoms with Crippen molar-refractivity contribution in [2.75, 3.05) is 11.9 Å². The van der Waals surface area contributed by atoms with E-state index in [1.54, 1.807) is 0 Å². The van der Waals surface area contributed by atoms with Crippen LogP contribution in [0, 0.1) is 25.2 Å². The molecule has 0 amide bonds. The molecule has 0 aliphatic carbocycles. The van der Waals surface area contributed by atoms with Gasteiger partial charge in [-0.2, -0.15) is 5.26 Å². The number of thiocarbonyl (C=S) groups is 1. The fourth-order valence-electron chi connectivity index (χ4n) is 2.25. The summed E-state index contributed by atoms with van der Waals surface area (Å²) in [6, 6.07) is 15.9. The molecule has 2 aromatic carbocycles. The first kappa shape index (κ1) is 18.8. The summed E-state index contributed by atoms with van der Waals surface area (Å²) in [4.78, 5) is 0. The zero-order valence-electron chi connectivity index (χ0n) is 14.8. The van der Waals surface area contributed by atoms with E-state index in [1.165, 1.54) is 11.1 Å². The molecule has 2 aromatic rings. The van der Waals surface area contributed by atoms with Gasteiger partial charge in [0.1, 0.15) is 12.4 Å². The lowest BCUT2D eigenvalue weighted by Crippen LogP contribution is -2.39. The number of rotatable bonds is 6. The van der Waals surface area contributed by atoms with Crippen molar-refractivity contribution in [3.05, 3.63) is 59.2 Å². The highest BCUT2D eigenvalue weighted by Crippen LogP contribution is 2.16. The molecule has 2 rings (SSSR count). The van der Waals surface area contributed by atoms with Gasteiger partial charge in [-0.3, -0.25) is 0 Å². The van der Waals surface area contributed by atoms with E-state index >= 15 is 0 Å². The topological polar surface area (TPSA) is 57.1 Å². The van der Waals surface area contributed by atoms with Gasteiger partial charge < -0.3 is 15.4 Å². The molecule has 2 N–H and O–H groups in total. The Kier molecular flexibility index (Phi) is 6.79.